The van der Waals surface area contributed by atoms with Crippen molar-refractivity contribution in [1.82, 2.24) is 4.98 Å². The average Bonchev–Trinajstić information content (AvgIpc) is 3.05. The number of carbonyl (C=O) groups is 1. The van der Waals surface area contributed by atoms with Crippen LogP contribution in [0, 0.1) is 0 Å². The summed E-state index contributed by atoms with van der Waals surface area (Å²) in [6.45, 7) is 1.53. The molecule has 0 spiro atoms. The number of phenols is 1. The zero-order valence-electron chi connectivity index (χ0n) is 14.9. The van der Waals surface area contributed by atoms with Crippen molar-refractivity contribution < 1.29 is 23.1 Å². The van der Waals surface area contributed by atoms with Crippen LogP contribution in [0.15, 0.2) is 47.5 Å². The van der Waals surface area contributed by atoms with Crippen LogP contribution in [0.4, 0.5) is 5.69 Å². The number of hydrogen-bond acceptors (Lipinski definition) is 5. The highest BCUT2D eigenvalue weighted by Crippen LogP contribution is 2.28. The summed E-state index contributed by atoms with van der Waals surface area (Å²) in [6.07, 6.45) is 1.79. The van der Waals surface area contributed by atoms with Crippen molar-refractivity contribution in [3.8, 4) is 11.5 Å². The summed E-state index contributed by atoms with van der Waals surface area (Å²) in [5.74, 6) is 0.0421. The van der Waals surface area contributed by atoms with E-state index < -0.39 is 9.84 Å². The van der Waals surface area contributed by atoms with E-state index in [0.29, 0.717) is 5.75 Å². The summed E-state index contributed by atoms with van der Waals surface area (Å²) in [5, 5.41) is 13.4. The second-order valence-electron chi connectivity index (χ2n) is 6.03. The summed E-state index contributed by atoms with van der Waals surface area (Å²) in [7, 11) is -1.87. The quantitative estimate of drug-likeness (QED) is 0.563. The summed E-state index contributed by atoms with van der Waals surface area (Å²) >= 11 is 0. The van der Waals surface area contributed by atoms with Gasteiger partial charge < -0.3 is 20.1 Å². The Hall–Kier alpha value is -3.00. The van der Waals surface area contributed by atoms with Crippen LogP contribution in [-0.4, -0.2) is 37.3 Å². The fraction of sp³-hybridized carbons (Fsp3) is 0.211. The third-order valence-electron chi connectivity index (χ3n) is 4.31. The predicted molar refractivity (Wildman–Crippen MR) is 103 cm³/mol. The maximum Gasteiger partial charge on any atom is 0.228 e. The van der Waals surface area contributed by atoms with Crippen LogP contribution in [0.5, 0.6) is 11.5 Å². The first-order valence-electron chi connectivity index (χ1n) is 8.33. The molecule has 0 saturated heterocycles. The van der Waals surface area contributed by atoms with Gasteiger partial charge in [-0.2, -0.15) is 0 Å². The largest absolute Gasteiger partial charge is 0.506 e. The van der Waals surface area contributed by atoms with Crippen LogP contribution in [0.2, 0.25) is 0 Å². The van der Waals surface area contributed by atoms with Crippen molar-refractivity contribution in [2.24, 2.45) is 0 Å². The minimum absolute atomic E-state index is 0.0509. The van der Waals surface area contributed by atoms with Gasteiger partial charge in [0.2, 0.25) is 5.91 Å². The van der Waals surface area contributed by atoms with Crippen molar-refractivity contribution in [3.63, 3.8) is 0 Å². The number of nitrogens with one attached hydrogen (secondary N) is 2. The number of carbonyl (C=O) groups excluding carboxylic acids is 1. The van der Waals surface area contributed by atoms with Crippen molar-refractivity contribution in [2.45, 2.75) is 18.2 Å². The number of rotatable bonds is 6. The molecule has 142 valence electrons. The molecule has 3 N–H and O–H groups in total. The van der Waals surface area contributed by atoms with Gasteiger partial charge in [-0.3, -0.25) is 4.79 Å². The number of anilines is 1. The van der Waals surface area contributed by atoms with Gasteiger partial charge >= 0.3 is 0 Å². The molecule has 0 bridgehead atoms. The molecular weight excluding hydrogens is 368 g/mol. The highest BCUT2D eigenvalue weighted by Gasteiger charge is 2.16. The van der Waals surface area contributed by atoms with Crippen LogP contribution in [0.3, 0.4) is 0 Å². The van der Waals surface area contributed by atoms with Gasteiger partial charge in [0.1, 0.15) is 11.5 Å². The highest BCUT2D eigenvalue weighted by atomic mass is 32.2. The minimum Gasteiger partial charge on any atom is -0.506 e. The number of aromatic nitrogens is 1. The fourth-order valence-corrected chi connectivity index (χ4v) is 3.68. The number of sulfone groups is 1. The number of ether oxygens (including phenoxy) is 1. The molecule has 1 heterocycles. The van der Waals surface area contributed by atoms with E-state index in [1.807, 2.05) is 18.2 Å². The van der Waals surface area contributed by atoms with Crippen LogP contribution in [0.1, 0.15) is 12.5 Å². The Bertz CT molecular complexity index is 1100. The number of aromatic amines is 1. The number of fused-ring (bicyclic) bond motifs is 1. The van der Waals surface area contributed by atoms with Crippen LogP contribution in [0.25, 0.3) is 10.9 Å². The van der Waals surface area contributed by atoms with E-state index in [4.69, 9.17) is 4.74 Å². The Labute approximate surface area is 156 Å². The SMILES string of the molecule is CCS(=O)(=O)c1ccc(O)c(NC(=O)Cc2c[nH]c3ccc(OC)cc23)c1. The third kappa shape index (κ3) is 3.90. The molecule has 2 aromatic carbocycles. The van der Waals surface area contributed by atoms with E-state index in [1.54, 1.807) is 13.3 Å². The highest BCUT2D eigenvalue weighted by molar-refractivity contribution is 7.91. The second kappa shape index (κ2) is 7.32. The second-order valence-corrected chi connectivity index (χ2v) is 8.31. The molecule has 3 aromatic rings. The molecule has 1 aromatic heterocycles. The van der Waals surface area contributed by atoms with E-state index in [-0.39, 0.29) is 34.4 Å². The van der Waals surface area contributed by atoms with Crippen molar-refractivity contribution in [3.05, 3.63) is 48.2 Å². The van der Waals surface area contributed by atoms with E-state index in [9.17, 15) is 18.3 Å². The lowest BCUT2D eigenvalue weighted by Gasteiger charge is -2.10. The molecule has 0 saturated carbocycles. The molecule has 0 radical (unpaired) electrons. The van der Waals surface area contributed by atoms with E-state index in [2.05, 4.69) is 10.3 Å². The van der Waals surface area contributed by atoms with Gasteiger partial charge in [0, 0.05) is 17.1 Å². The molecule has 0 fully saturated rings. The van der Waals surface area contributed by atoms with Crippen LogP contribution < -0.4 is 10.1 Å². The molecule has 27 heavy (non-hydrogen) atoms. The van der Waals surface area contributed by atoms with E-state index in [0.717, 1.165) is 16.5 Å². The number of methoxy groups -OCH3 is 1. The third-order valence-corrected chi connectivity index (χ3v) is 6.04. The predicted octanol–water partition coefficient (Wildman–Crippen LogP) is 2.86. The summed E-state index contributed by atoms with van der Waals surface area (Å²) in [6, 6.07) is 9.36. The van der Waals surface area contributed by atoms with Gasteiger partial charge in [-0.05, 0) is 42.0 Å². The molecule has 0 atom stereocenters. The Morgan fingerprint density at radius 3 is 2.70 bits per heavy atom. The fourth-order valence-electron chi connectivity index (χ4n) is 2.77. The lowest BCUT2D eigenvalue weighted by atomic mass is 10.1. The smallest absolute Gasteiger partial charge is 0.228 e. The monoisotopic (exact) mass is 388 g/mol. The first-order valence-corrected chi connectivity index (χ1v) is 9.99. The lowest BCUT2D eigenvalue weighted by molar-refractivity contribution is -0.115. The maximum atomic E-state index is 12.4. The van der Waals surface area contributed by atoms with E-state index >= 15 is 0 Å². The molecule has 7 nitrogen and oxygen atoms in total. The molecule has 0 aliphatic carbocycles. The van der Waals surface area contributed by atoms with Gasteiger partial charge in [0.25, 0.3) is 0 Å². The molecular formula is C19H20N2O5S. The number of amides is 1. The zero-order chi connectivity index (χ0) is 19.6. The molecule has 0 aliphatic rings. The van der Waals surface area contributed by atoms with Gasteiger partial charge in [-0.1, -0.05) is 6.92 Å². The van der Waals surface area contributed by atoms with Crippen molar-refractivity contribution in [1.29, 1.82) is 0 Å². The van der Waals surface area contributed by atoms with Gasteiger partial charge in [0.05, 0.1) is 29.9 Å². The number of H-pyrrole nitrogens is 1. The van der Waals surface area contributed by atoms with Crippen molar-refractivity contribution in [2.75, 3.05) is 18.2 Å². The number of phenolic OH excluding ortho intramolecular Hbond substituents is 1. The first kappa shape index (κ1) is 18.8. The number of benzene rings is 2. The molecule has 0 aliphatic heterocycles. The van der Waals surface area contributed by atoms with Gasteiger partial charge in [-0.15, -0.1) is 0 Å². The summed E-state index contributed by atoms with van der Waals surface area (Å²) in [5.41, 5.74) is 1.70. The minimum atomic E-state index is -3.44. The standard InChI is InChI=1S/C19H20N2O5S/c1-3-27(24,25)14-5-7-18(22)17(10-14)21-19(23)8-12-11-20-16-6-4-13(26-2)9-15(12)16/h4-7,9-11,20,22H,3,8H2,1-2H3,(H,21,23). The zero-order valence-corrected chi connectivity index (χ0v) is 15.8. The van der Waals surface area contributed by atoms with Gasteiger partial charge in [-0.25, -0.2) is 8.42 Å². The lowest BCUT2D eigenvalue weighted by Crippen LogP contribution is -2.15. The Kier molecular flexibility index (Phi) is 5.09. The molecule has 0 unspecified atom stereocenters. The Morgan fingerprint density at radius 2 is 2.00 bits per heavy atom. The summed E-state index contributed by atoms with van der Waals surface area (Å²) < 4.78 is 29.2. The number of aromatic hydroxyl groups is 1. The van der Waals surface area contributed by atoms with Crippen LogP contribution in [-0.2, 0) is 21.1 Å². The normalized spacial score (nSPS) is 11.5. The Morgan fingerprint density at radius 1 is 1.22 bits per heavy atom. The maximum absolute atomic E-state index is 12.4. The molecule has 8 heteroatoms. The van der Waals surface area contributed by atoms with Gasteiger partial charge in [0.15, 0.2) is 9.84 Å². The first-order chi connectivity index (χ1) is 12.8. The van der Waals surface area contributed by atoms with Crippen molar-refractivity contribution >= 4 is 32.3 Å². The molecule has 1 amide bonds. The molecule has 3 rings (SSSR count). The van der Waals surface area contributed by atoms with E-state index in [1.165, 1.54) is 25.1 Å². The average molecular weight is 388 g/mol. The topological polar surface area (TPSA) is 108 Å². The Balaban J connectivity index is 1.83. The van der Waals surface area contributed by atoms with Crippen LogP contribution >= 0.6 is 0 Å². The summed E-state index contributed by atoms with van der Waals surface area (Å²) in [4.78, 5) is 15.6. The number of hydrogen-bond donors (Lipinski definition) is 3.